The lowest BCUT2D eigenvalue weighted by atomic mass is 10.0. The fourth-order valence-corrected chi connectivity index (χ4v) is 3.69. The monoisotopic (exact) mass is 387 g/mol. The number of aryl methyl sites for hydroxylation is 1. The Hall–Kier alpha value is -1.88. The third-order valence-corrected chi connectivity index (χ3v) is 5.60. The summed E-state index contributed by atoms with van der Waals surface area (Å²) in [7, 11) is 0. The molecule has 1 atom stereocenters. The van der Waals surface area contributed by atoms with Gasteiger partial charge in [-0.05, 0) is 43.5 Å². The van der Waals surface area contributed by atoms with E-state index in [1.54, 1.807) is 0 Å². The summed E-state index contributed by atoms with van der Waals surface area (Å²) in [6, 6.07) is 7.39. The molecule has 0 aromatic heterocycles. The SMILES string of the molecule is CCCCCc1ccc(C(=O)NC(CCC)C(=O)N2CCN(CC)CC2)cc1. The molecule has 1 aromatic rings. The molecular weight excluding hydrogens is 350 g/mol. The van der Waals surface area contributed by atoms with Crippen LogP contribution < -0.4 is 5.32 Å². The second kappa shape index (κ2) is 11.8. The van der Waals surface area contributed by atoms with E-state index in [-0.39, 0.29) is 11.8 Å². The largest absolute Gasteiger partial charge is 0.340 e. The van der Waals surface area contributed by atoms with E-state index in [2.05, 4.69) is 24.1 Å². The smallest absolute Gasteiger partial charge is 0.251 e. The molecule has 1 heterocycles. The fourth-order valence-electron chi connectivity index (χ4n) is 3.69. The first-order valence-electron chi connectivity index (χ1n) is 11.0. The molecular formula is C23H37N3O2. The number of likely N-dealkylation sites (N-methyl/N-ethyl adjacent to an activating group) is 1. The number of carbonyl (C=O) groups is 2. The maximum Gasteiger partial charge on any atom is 0.251 e. The zero-order valence-electron chi connectivity index (χ0n) is 17.9. The number of benzene rings is 1. The van der Waals surface area contributed by atoms with Gasteiger partial charge in [-0.3, -0.25) is 9.59 Å². The minimum atomic E-state index is -0.435. The molecule has 5 heteroatoms. The topological polar surface area (TPSA) is 52.7 Å². The number of amides is 2. The van der Waals surface area contributed by atoms with E-state index in [9.17, 15) is 9.59 Å². The Morgan fingerprint density at radius 1 is 0.964 bits per heavy atom. The second-order valence-corrected chi connectivity index (χ2v) is 7.73. The lowest BCUT2D eigenvalue weighted by Crippen LogP contribution is -2.54. The molecule has 2 amide bonds. The van der Waals surface area contributed by atoms with Crippen molar-refractivity contribution in [3.63, 3.8) is 0 Å². The molecule has 1 N–H and O–H groups in total. The van der Waals surface area contributed by atoms with Gasteiger partial charge in [0.2, 0.25) is 5.91 Å². The molecule has 0 saturated carbocycles. The minimum absolute atomic E-state index is 0.0575. The number of hydrogen-bond acceptors (Lipinski definition) is 3. The molecule has 1 aliphatic heterocycles. The number of carbonyl (C=O) groups excluding carboxylic acids is 2. The Kier molecular flexibility index (Phi) is 9.48. The summed E-state index contributed by atoms with van der Waals surface area (Å²) in [6.07, 6.45) is 6.21. The summed E-state index contributed by atoms with van der Waals surface area (Å²) in [5.74, 6) is -0.0961. The van der Waals surface area contributed by atoms with Crippen molar-refractivity contribution in [3.8, 4) is 0 Å². The maximum atomic E-state index is 12.9. The van der Waals surface area contributed by atoms with Crippen LogP contribution in [-0.4, -0.2) is 60.4 Å². The molecule has 5 nitrogen and oxygen atoms in total. The zero-order chi connectivity index (χ0) is 20.4. The van der Waals surface area contributed by atoms with Crippen LogP contribution in [0.5, 0.6) is 0 Å². The fraction of sp³-hybridized carbons (Fsp3) is 0.652. The summed E-state index contributed by atoms with van der Waals surface area (Å²) >= 11 is 0. The first kappa shape index (κ1) is 22.4. The van der Waals surface area contributed by atoms with Gasteiger partial charge in [-0.15, -0.1) is 0 Å². The van der Waals surface area contributed by atoms with Gasteiger partial charge < -0.3 is 15.1 Å². The quantitative estimate of drug-likeness (QED) is 0.625. The Labute approximate surface area is 170 Å². The third kappa shape index (κ3) is 6.62. The number of nitrogens with zero attached hydrogens (tertiary/aromatic N) is 2. The Morgan fingerprint density at radius 3 is 2.21 bits per heavy atom. The molecule has 1 aromatic carbocycles. The molecule has 0 spiro atoms. The van der Waals surface area contributed by atoms with Crippen molar-refractivity contribution in [2.75, 3.05) is 32.7 Å². The summed E-state index contributed by atoms with van der Waals surface area (Å²) in [5, 5.41) is 2.98. The van der Waals surface area contributed by atoms with E-state index in [4.69, 9.17) is 0 Å². The highest BCUT2D eigenvalue weighted by atomic mass is 16.2. The number of nitrogens with one attached hydrogen (secondary N) is 1. The van der Waals surface area contributed by atoms with Crippen molar-refractivity contribution in [2.24, 2.45) is 0 Å². The van der Waals surface area contributed by atoms with Gasteiger partial charge in [0.1, 0.15) is 6.04 Å². The van der Waals surface area contributed by atoms with E-state index in [0.717, 1.165) is 45.6 Å². The number of piperazine rings is 1. The number of hydrogen-bond donors (Lipinski definition) is 1. The Morgan fingerprint density at radius 2 is 1.64 bits per heavy atom. The Balaban J connectivity index is 1.93. The average Bonchev–Trinajstić information content (AvgIpc) is 2.73. The molecule has 1 unspecified atom stereocenters. The third-order valence-electron chi connectivity index (χ3n) is 5.60. The highest BCUT2D eigenvalue weighted by molar-refractivity contribution is 5.97. The van der Waals surface area contributed by atoms with Gasteiger partial charge in [-0.25, -0.2) is 0 Å². The van der Waals surface area contributed by atoms with E-state index < -0.39 is 6.04 Å². The van der Waals surface area contributed by atoms with Crippen molar-refractivity contribution in [3.05, 3.63) is 35.4 Å². The van der Waals surface area contributed by atoms with Gasteiger partial charge in [-0.1, -0.05) is 52.2 Å². The highest BCUT2D eigenvalue weighted by Crippen LogP contribution is 2.11. The lowest BCUT2D eigenvalue weighted by molar-refractivity contribution is -0.135. The van der Waals surface area contributed by atoms with Crippen molar-refractivity contribution >= 4 is 11.8 Å². The van der Waals surface area contributed by atoms with Crippen LogP contribution in [0, 0.1) is 0 Å². The summed E-state index contributed by atoms with van der Waals surface area (Å²) < 4.78 is 0. The van der Waals surface area contributed by atoms with Crippen molar-refractivity contribution in [2.45, 2.75) is 65.3 Å². The molecule has 156 valence electrons. The van der Waals surface area contributed by atoms with E-state index in [1.807, 2.05) is 36.1 Å². The molecule has 0 radical (unpaired) electrons. The first-order valence-corrected chi connectivity index (χ1v) is 11.0. The van der Waals surface area contributed by atoms with Gasteiger partial charge in [0.15, 0.2) is 0 Å². The Bertz CT molecular complexity index is 607. The molecule has 28 heavy (non-hydrogen) atoms. The summed E-state index contributed by atoms with van der Waals surface area (Å²) in [4.78, 5) is 29.9. The first-order chi connectivity index (χ1) is 13.6. The van der Waals surface area contributed by atoms with Crippen molar-refractivity contribution < 1.29 is 9.59 Å². The van der Waals surface area contributed by atoms with Gasteiger partial charge in [0.25, 0.3) is 5.91 Å². The molecule has 1 saturated heterocycles. The normalized spacial score (nSPS) is 16.0. The van der Waals surface area contributed by atoms with Gasteiger partial charge >= 0.3 is 0 Å². The van der Waals surface area contributed by atoms with Gasteiger partial charge in [0.05, 0.1) is 0 Å². The molecule has 1 fully saturated rings. The van der Waals surface area contributed by atoms with E-state index >= 15 is 0 Å². The summed E-state index contributed by atoms with van der Waals surface area (Å²) in [6.45, 7) is 10.7. The van der Waals surface area contributed by atoms with Crippen LogP contribution in [0.25, 0.3) is 0 Å². The highest BCUT2D eigenvalue weighted by Gasteiger charge is 2.28. The molecule has 2 rings (SSSR count). The van der Waals surface area contributed by atoms with Crippen LogP contribution in [0.4, 0.5) is 0 Å². The van der Waals surface area contributed by atoms with Crippen LogP contribution in [0.3, 0.4) is 0 Å². The lowest BCUT2D eigenvalue weighted by Gasteiger charge is -2.36. The van der Waals surface area contributed by atoms with Gasteiger partial charge in [0, 0.05) is 31.7 Å². The summed E-state index contributed by atoms with van der Waals surface area (Å²) in [5.41, 5.74) is 1.89. The van der Waals surface area contributed by atoms with E-state index in [1.165, 1.54) is 24.8 Å². The predicted molar refractivity (Wildman–Crippen MR) is 115 cm³/mol. The standard InChI is InChI=1S/C23H37N3O2/c1-4-7-8-10-19-11-13-20(14-12-19)22(27)24-21(9-5-2)23(28)26-17-15-25(6-3)16-18-26/h11-14,21H,4-10,15-18H2,1-3H3,(H,24,27). The van der Waals surface area contributed by atoms with Crippen LogP contribution in [0.2, 0.25) is 0 Å². The number of rotatable bonds is 10. The number of unbranched alkanes of at least 4 members (excludes halogenated alkanes) is 2. The molecule has 1 aliphatic rings. The van der Waals surface area contributed by atoms with Gasteiger partial charge in [-0.2, -0.15) is 0 Å². The van der Waals surface area contributed by atoms with Crippen molar-refractivity contribution in [1.29, 1.82) is 0 Å². The maximum absolute atomic E-state index is 12.9. The van der Waals surface area contributed by atoms with Crippen LogP contribution in [0.15, 0.2) is 24.3 Å². The van der Waals surface area contributed by atoms with Crippen LogP contribution in [-0.2, 0) is 11.2 Å². The van der Waals surface area contributed by atoms with Crippen molar-refractivity contribution in [1.82, 2.24) is 15.1 Å². The molecule has 0 aliphatic carbocycles. The predicted octanol–water partition coefficient (Wildman–Crippen LogP) is 3.48. The van der Waals surface area contributed by atoms with E-state index in [0.29, 0.717) is 12.0 Å². The average molecular weight is 388 g/mol. The van der Waals surface area contributed by atoms with Crippen LogP contribution >= 0.6 is 0 Å². The zero-order valence-corrected chi connectivity index (χ0v) is 17.9. The van der Waals surface area contributed by atoms with Crippen LogP contribution in [0.1, 0.15) is 68.8 Å². The molecule has 0 bridgehead atoms. The second-order valence-electron chi connectivity index (χ2n) is 7.73. The minimum Gasteiger partial charge on any atom is -0.340 e.